The summed E-state index contributed by atoms with van der Waals surface area (Å²) in [5.41, 5.74) is 9.56. The molecule has 2 aromatic rings. The van der Waals surface area contributed by atoms with Gasteiger partial charge in [0.15, 0.2) is 0 Å². The van der Waals surface area contributed by atoms with Gasteiger partial charge in [-0.1, -0.05) is 30.3 Å². The molecular formula is C16H18N2O2S. The third kappa shape index (κ3) is 2.43. The van der Waals surface area contributed by atoms with E-state index in [0.717, 1.165) is 22.4 Å². The summed E-state index contributed by atoms with van der Waals surface area (Å²) in [6.45, 7) is 2.68. The molecule has 5 heteroatoms. The summed E-state index contributed by atoms with van der Waals surface area (Å²) in [6.07, 6.45) is 0.660. The molecule has 1 heterocycles. The van der Waals surface area contributed by atoms with E-state index in [4.69, 9.17) is 5.73 Å². The van der Waals surface area contributed by atoms with Gasteiger partial charge in [0, 0.05) is 18.8 Å². The van der Waals surface area contributed by atoms with Crippen LogP contribution in [0, 0.1) is 6.92 Å². The lowest BCUT2D eigenvalue weighted by atomic mass is 9.99. The van der Waals surface area contributed by atoms with Crippen LogP contribution in [-0.2, 0) is 23.0 Å². The van der Waals surface area contributed by atoms with Gasteiger partial charge >= 0.3 is 0 Å². The topological polar surface area (TPSA) is 63.4 Å². The minimum absolute atomic E-state index is 0.386. The van der Waals surface area contributed by atoms with Crippen molar-refractivity contribution in [2.75, 3.05) is 12.3 Å². The molecule has 4 nitrogen and oxygen atoms in total. The van der Waals surface area contributed by atoms with Crippen LogP contribution in [0.5, 0.6) is 0 Å². The molecule has 3 rings (SSSR count). The molecule has 21 heavy (non-hydrogen) atoms. The van der Waals surface area contributed by atoms with Crippen LogP contribution in [0.1, 0.15) is 16.7 Å². The van der Waals surface area contributed by atoms with Crippen molar-refractivity contribution >= 4 is 15.7 Å². The smallest absolute Gasteiger partial charge is 0.243 e. The van der Waals surface area contributed by atoms with Gasteiger partial charge in [-0.05, 0) is 42.2 Å². The number of sulfonamides is 1. The summed E-state index contributed by atoms with van der Waals surface area (Å²) in [6, 6.07) is 12.8. The minimum atomic E-state index is -3.46. The summed E-state index contributed by atoms with van der Waals surface area (Å²) in [4.78, 5) is 0.386. The molecule has 2 aromatic carbocycles. The molecule has 0 aliphatic carbocycles. The van der Waals surface area contributed by atoms with Gasteiger partial charge in [0.2, 0.25) is 10.0 Å². The average molecular weight is 302 g/mol. The van der Waals surface area contributed by atoms with Gasteiger partial charge in [-0.2, -0.15) is 4.31 Å². The van der Waals surface area contributed by atoms with E-state index >= 15 is 0 Å². The molecule has 0 atom stereocenters. The zero-order valence-corrected chi connectivity index (χ0v) is 12.7. The zero-order chi connectivity index (χ0) is 15.0. The highest BCUT2D eigenvalue weighted by Gasteiger charge is 2.29. The fraction of sp³-hybridized carbons (Fsp3) is 0.250. The lowest BCUT2D eigenvalue weighted by Crippen LogP contribution is -2.36. The van der Waals surface area contributed by atoms with Crippen molar-refractivity contribution in [2.45, 2.75) is 24.8 Å². The molecule has 0 spiro atoms. The maximum atomic E-state index is 12.8. The van der Waals surface area contributed by atoms with Gasteiger partial charge in [-0.25, -0.2) is 8.42 Å². The third-order valence-electron chi connectivity index (χ3n) is 3.98. The number of nitrogens with zero attached hydrogens (tertiary/aromatic N) is 1. The van der Waals surface area contributed by atoms with Crippen LogP contribution in [0.3, 0.4) is 0 Å². The monoisotopic (exact) mass is 302 g/mol. The van der Waals surface area contributed by atoms with E-state index in [2.05, 4.69) is 0 Å². The van der Waals surface area contributed by atoms with E-state index in [1.807, 2.05) is 37.3 Å². The van der Waals surface area contributed by atoms with Gasteiger partial charge < -0.3 is 5.73 Å². The SMILES string of the molecule is Cc1ccccc1S(=O)(=O)N1CCc2c(N)cccc2C1. The molecule has 1 aliphatic rings. The molecule has 1 aliphatic heterocycles. The third-order valence-corrected chi connectivity index (χ3v) is 5.98. The predicted molar refractivity (Wildman–Crippen MR) is 83.3 cm³/mol. The van der Waals surface area contributed by atoms with Crippen molar-refractivity contribution in [1.82, 2.24) is 4.31 Å². The molecular weight excluding hydrogens is 284 g/mol. The van der Waals surface area contributed by atoms with Crippen molar-refractivity contribution in [3.8, 4) is 0 Å². The maximum absolute atomic E-state index is 12.8. The number of fused-ring (bicyclic) bond motifs is 1. The lowest BCUT2D eigenvalue weighted by Gasteiger charge is -2.29. The molecule has 0 saturated heterocycles. The highest BCUT2D eigenvalue weighted by Crippen LogP contribution is 2.28. The van der Waals surface area contributed by atoms with Gasteiger partial charge in [-0.3, -0.25) is 0 Å². The van der Waals surface area contributed by atoms with Gasteiger partial charge in [0.05, 0.1) is 4.90 Å². The quantitative estimate of drug-likeness (QED) is 0.866. The van der Waals surface area contributed by atoms with Crippen LogP contribution in [0.25, 0.3) is 0 Å². The van der Waals surface area contributed by atoms with E-state index < -0.39 is 10.0 Å². The Hall–Kier alpha value is -1.85. The van der Waals surface area contributed by atoms with Crippen molar-refractivity contribution < 1.29 is 8.42 Å². The second-order valence-corrected chi connectivity index (χ2v) is 7.25. The summed E-state index contributed by atoms with van der Waals surface area (Å²) < 4.78 is 27.1. The van der Waals surface area contributed by atoms with E-state index in [0.29, 0.717) is 24.4 Å². The van der Waals surface area contributed by atoms with Crippen molar-refractivity contribution in [3.63, 3.8) is 0 Å². The minimum Gasteiger partial charge on any atom is -0.398 e. The first-order chi connectivity index (χ1) is 10.00. The number of nitrogen functional groups attached to an aromatic ring is 1. The Bertz CT molecular complexity index is 785. The predicted octanol–water partition coefficient (Wildman–Crippen LogP) is 2.32. The summed E-state index contributed by atoms with van der Waals surface area (Å²) >= 11 is 0. The van der Waals surface area contributed by atoms with E-state index in [-0.39, 0.29) is 0 Å². The molecule has 0 unspecified atom stereocenters. The number of hydrogen-bond donors (Lipinski definition) is 1. The van der Waals surface area contributed by atoms with Crippen molar-refractivity contribution in [1.29, 1.82) is 0 Å². The molecule has 0 radical (unpaired) electrons. The largest absolute Gasteiger partial charge is 0.398 e. The summed E-state index contributed by atoms with van der Waals surface area (Å²) in [7, 11) is -3.46. The fourth-order valence-electron chi connectivity index (χ4n) is 2.80. The normalized spacial score (nSPS) is 15.7. The molecule has 0 saturated carbocycles. The van der Waals surface area contributed by atoms with Crippen LogP contribution < -0.4 is 5.73 Å². The van der Waals surface area contributed by atoms with E-state index in [1.54, 1.807) is 12.1 Å². The van der Waals surface area contributed by atoms with Gasteiger partial charge in [0.1, 0.15) is 0 Å². The highest BCUT2D eigenvalue weighted by molar-refractivity contribution is 7.89. The maximum Gasteiger partial charge on any atom is 0.243 e. The number of aryl methyl sites for hydroxylation is 1. The fourth-order valence-corrected chi connectivity index (χ4v) is 4.45. The number of nitrogens with two attached hydrogens (primary N) is 1. The number of hydrogen-bond acceptors (Lipinski definition) is 3. The lowest BCUT2D eigenvalue weighted by molar-refractivity contribution is 0.391. The van der Waals surface area contributed by atoms with Crippen LogP contribution >= 0.6 is 0 Å². The molecule has 0 fully saturated rings. The Kier molecular flexibility index (Phi) is 3.47. The number of rotatable bonds is 2. The Balaban J connectivity index is 1.98. The van der Waals surface area contributed by atoms with Crippen molar-refractivity contribution in [3.05, 3.63) is 59.2 Å². The zero-order valence-electron chi connectivity index (χ0n) is 11.9. The Morgan fingerprint density at radius 1 is 1.10 bits per heavy atom. The molecule has 0 bridgehead atoms. The first-order valence-electron chi connectivity index (χ1n) is 6.92. The average Bonchev–Trinajstić information content (AvgIpc) is 2.47. The Morgan fingerprint density at radius 3 is 2.62 bits per heavy atom. The molecule has 0 aromatic heterocycles. The Labute approximate surface area is 125 Å². The summed E-state index contributed by atoms with van der Waals surface area (Å²) in [5, 5.41) is 0. The second-order valence-electron chi connectivity index (χ2n) is 5.34. The molecule has 2 N–H and O–H groups in total. The second kappa shape index (κ2) is 5.16. The molecule has 110 valence electrons. The first-order valence-corrected chi connectivity index (χ1v) is 8.36. The van der Waals surface area contributed by atoms with Gasteiger partial charge in [-0.15, -0.1) is 0 Å². The summed E-state index contributed by atoms with van der Waals surface area (Å²) in [5.74, 6) is 0. The Morgan fingerprint density at radius 2 is 1.86 bits per heavy atom. The van der Waals surface area contributed by atoms with Crippen LogP contribution in [0.4, 0.5) is 5.69 Å². The van der Waals surface area contributed by atoms with Crippen LogP contribution in [0.2, 0.25) is 0 Å². The number of anilines is 1. The highest BCUT2D eigenvalue weighted by atomic mass is 32.2. The van der Waals surface area contributed by atoms with Gasteiger partial charge in [0.25, 0.3) is 0 Å². The first kappa shape index (κ1) is 14.1. The van der Waals surface area contributed by atoms with Crippen LogP contribution in [0.15, 0.2) is 47.4 Å². The molecule has 0 amide bonds. The van der Waals surface area contributed by atoms with E-state index in [1.165, 1.54) is 4.31 Å². The van der Waals surface area contributed by atoms with Crippen LogP contribution in [-0.4, -0.2) is 19.3 Å². The number of benzene rings is 2. The van der Waals surface area contributed by atoms with E-state index in [9.17, 15) is 8.42 Å². The van der Waals surface area contributed by atoms with Crippen molar-refractivity contribution in [2.24, 2.45) is 0 Å². The standard InChI is InChI=1S/C16H18N2O2S/c1-12-5-2-3-8-16(12)21(19,20)18-10-9-14-13(11-18)6-4-7-15(14)17/h2-8H,9-11,17H2,1H3.